The van der Waals surface area contributed by atoms with E-state index in [0.29, 0.717) is 0 Å². The predicted molar refractivity (Wildman–Crippen MR) is 42.7 cm³/mol. The maximum absolute atomic E-state index is 4.06. The van der Waals surface area contributed by atoms with Crippen molar-refractivity contribution in [2.24, 2.45) is 11.8 Å². The first-order valence-electron chi connectivity index (χ1n) is 3.61. The third-order valence-corrected chi connectivity index (χ3v) is 4.12. The fourth-order valence-corrected chi connectivity index (χ4v) is 3.26. The molecule has 2 aliphatic carbocycles. The molecule has 0 amide bonds. The smallest absolute Gasteiger partial charge is 0.0242 e. The number of alkyl halides is 1. The van der Waals surface area contributed by atoms with Crippen molar-refractivity contribution >= 4 is 15.9 Å². The highest BCUT2D eigenvalue weighted by molar-refractivity contribution is 9.09. The number of halogens is 1. The van der Waals surface area contributed by atoms with Crippen molar-refractivity contribution in [2.45, 2.75) is 24.1 Å². The van der Waals surface area contributed by atoms with Gasteiger partial charge in [-0.25, -0.2) is 0 Å². The van der Waals surface area contributed by atoms with Crippen LogP contribution in [0.25, 0.3) is 0 Å². The highest BCUT2D eigenvalue weighted by Crippen LogP contribution is 2.50. The highest BCUT2D eigenvalue weighted by atomic mass is 79.9. The van der Waals surface area contributed by atoms with Gasteiger partial charge in [-0.15, -0.1) is 0 Å². The number of hydrogen-bond donors (Lipinski definition) is 0. The Morgan fingerprint density at radius 3 is 2.44 bits per heavy atom. The van der Waals surface area contributed by atoms with E-state index in [2.05, 4.69) is 22.5 Å². The Bertz CT molecular complexity index is 151. The zero-order valence-electron chi connectivity index (χ0n) is 5.44. The van der Waals surface area contributed by atoms with Gasteiger partial charge in [0.15, 0.2) is 0 Å². The van der Waals surface area contributed by atoms with Crippen LogP contribution in [-0.4, -0.2) is 4.83 Å². The second-order valence-corrected chi connectivity index (χ2v) is 4.31. The molecule has 0 spiro atoms. The molecule has 0 aliphatic heterocycles. The van der Waals surface area contributed by atoms with Gasteiger partial charge in [0, 0.05) is 4.83 Å². The molecule has 2 bridgehead atoms. The van der Waals surface area contributed by atoms with Crippen molar-refractivity contribution in [1.82, 2.24) is 0 Å². The van der Waals surface area contributed by atoms with E-state index >= 15 is 0 Å². The second-order valence-electron chi connectivity index (χ2n) is 3.25. The summed E-state index contributed by atoms with van der Waals surface area (Å²) in [5.74, 6) is 1.76. The first-order valence-corrected chi connectivity index (χ1v) is 4.52. The molecular formula is C8H11Br. The fourth-order valence-electron chi connectivity index (χ4n) is 2.17. The summed E-state index contributed by atoms with van der Waals surface area (Å²) in [5.41, 5.74) is 1.49. The number of allylic oxidation sites excluding steroid dienone is 1. The molecule has 1 heteroatoms. The van der Waals surface area contributed by atoms with Gasteiger partial charge in [0.2, 0.25) is 0 Å². The van der Waals surface area contributed by atoms with Gasteiger partial charge in [-0.05, 0) is 31.1 Å². The average Bonchev–Trinajstić information content (AvgIpc) is 2.25. The van der Waals surface area contributed by atoms with Gasteiger partial charge in [0.1, 0.15) is 0 Å². The van der Waals surface area contributed by atoms with Crippen LogP contribution >= 0.6 is 15.9 Å². The molecule has 50 valence electrons. The third kappa shape index (κ3) is 0.706. The van der Waals surface area contributed by atoms with E-state index < -0.39 is 0 Å². The van der Waals surface area contributed by atoms with Crippen molar-refractivity contribution in [3.05, 3.63) is 12.2 Å². The Labute approximate surface area is 64.5 Å². The van der Waals surface area contributed by atoms with E-state index in [4.69, 9.17) is 0 Å². The van der Waals surface area contributed by atoms with Crippen LogP contribution in [0.2, 0.25) is 0 Å². The molecule has 0 aromatic heterocycles. The van der Waals surface area contributed by atoms with Gasteiger partial charge in [0.25, 0.3) is 0 Å². The molecule has 3 atom stereocenters. The van der Waals surface area contributed by atoms with E-state index in [9.17, 15) is 0 Å². The van der Waals surface area contributed by atoms with Crippen LogP contribution in [0.1, 0.15) is 19.3 Å². The van der Waals surface area contributed by atoms with Crippen molar-refractivity contribution < 1.29 is 0 Å². The molecule has 0 nitrogen and oxygen atoms in total. The number of rotatable bonds is 0. The predicted octanol–water partition coefficient (Wildman–Crippen LogP) is 2.74. The maximum atomic E-state index is 4.06. The van der Waals surface area contributed by atoms with Gasteiger partial charge in [-0.1, -0.05) is 28.1 Å². The van der Waals surface area contributed by atoms with Crippen LogP contribution in [0.4, 0.5) is 0 Å². The highest BCUT2D eigenvalue weighted by Gasteiger charge is 2.42. The summed E-state index contributed by atoms with van der Waals surface area (Å²) >= 11 is 3.71. The molecule has 0 saturated heterocycles. The van der Waals surface area contributed by atoms with Gasteiger partial charge < -0.3 is 0 Å². The van der Waals surface area contributed by atoms with Gasteiger partial charge in [0.05, 0.1) is 0 Å². The zero-order valence-corrected chi connectivity index (χ0v) is 7.02. The standard InChI is InChI=1S/C8H11Br/c1-5-4-6-2-3-7(5)8(6)9/h6-8H,1-4H2. The minimum absolute atomic E-state index is 0.782. The van der Waals surface area contributed by atoms with Crippen LogP contribution in [-0.2, 0) is 0 Å². The minimum atomic E-state index is 0.782. The molecule has 2 aliphatic rings. The quantitative estimate of drug-likeness (QED) is 0.404. The van der Waals surface area contributed by atoms with E-state index in [-0.39, 0.29) is 0 Å². The van der Waals surface area contributed by atoms with Crippen molar-refractivity contribution in [1.29, 1.82) is 0 Å². The topological polar surface area (TPSA) is 0 Å². The van der Waals surface area contributed by atoms with E-state index in [1.807, 2.05) is 0 Å². The normalized spacial score (nSPS) is 48.6. The summed E-state index contributed by atoms with van der Waals surface area (Å²) in [4.78, 5) is 0.782. The molecule has 0 heterocycles. The van der Waals surface area contributed by atoms with Gasteiger partial charge in [-0.3, -0.25) is 0 Å². The molecule has 3 unspecified atom stereocenters. The van der Waals surface area contributed by atoms with Crippen LogP contribution in [0.5, 0.6) is 0 Å². The maximum Gasteiger partial charge on any atom is 0.0242 e. The Balaban J connectivity index is 2.26. The lowest BCUT2D eigenvalue weighted by Crippen LogP contribution is -2.02. The molecule has 2 fully saturated rings. The van der Waals surface area contributed by atoms with Crippen molar-refractivity contribution in [3.63, 3.8) is 0 Å². The van der Waals surface area contributed by atoms with E-state index in [1.54, 1.807) is 0 Å². The molecule has 2 rings (SSSR count). The van der Waals surface area contributed by atoms with Gasteiger partial charge >= 0.3 is 0 Å². The summed E-state index contributed by atoms with van der Waals surface area (Å²) in [5, 5.41) is 0. The van der Waals surface area contributed by atoms with Crippen LogP contribution in [0.15, 0.2) is 12.2 Å². The summed E-state index contributed by atoms with van der Waals surface area (Å²) in [6, 6.07) is 0. The summed E-state index contributed by atoms with van der Waals surface area (Å²) in [7, 11) is 0. The minimum Gasteiger partial charge on any atom is -0.0995 e. The van der Waals surface area contributed by atoms with Crippen molar-refractivity contribution in [3.8, 4) is 0 Å². The molecule has 0 radical (unpaired) electrons. The average molecular weight is 187 g/mol. The second kappa shape index (κ2) is 1.85. The molecule has 2 saturated carbocycles. The molecule has 0 aromatic carbocycles. The Kier molecular flexibility index (Phi) is 1.23. The fraction of sp³-hybridized carbons (Fsp3) is 0.750. The SMILES string of the molecule is C=C1CC2CCC1C2Br. The van der Waals surface area contributed by atoms with Crippen LogP contribution < -0.4 is 0 Å². The largest absolute Gasteiger partial charge is 0.0995 e. The summed E-state index contributed by atoms with van der Waals surface area (Å²) in [6.07, 6.45) is 4.11. The van der Waals surface area contributed by atoms with E-state index in [1.165, 1.54) is 24.8 Å². The zero-order chi connectivity index (χ0) is 6.43. The molecular weight excluding hydrogens is 176 g/mol. The van der Waals surface area contributed by atoms with Gasteiger partial charge in [-0.2, -0.15) is 0 Å². The monoisotopic (exact) mass is 186 g/mol. The summed E-state index contributed by atoms with van der Waals surface area (Å²) in [6.45, 7) is 4.06. The first-order chi connectivity index (χ1) is 4.29. The number of hydrogen-bond acceptors (Lipinski definition) is 0. The molecule has 0 N–H and O–H groups in total. The first kappa shape index (κ1) is 5.96. The lowest BCUT2D eigenvalue weighted by atomic mass is 9.96. The Morgan fingerprint density at radius 1 is 1.44 bits per heavy atom. The van der Waals surface area contributed by atoms with E-state index in [0.717, 1.165) is 16.7 Å². The lowest BCUT2D eigenvalue weighted by molar-refractivity contribution is 0.565. The number of fused-ring (bicyclic) bond motifs is 2. The van der Waals surface area contributed by atoms with Crippen LogP contribution in [0.3, 0.4) is 0 Å². The van der Waals surface area contributed by atoms with Crippen LogP contribution in [0, 0.1) is 11.8 Å². The third-order valence-electron chi connectivity index (χ3n) is 2.73. The Hall–Kier alpha value is 0.220. The summed E-state index contributed by atoms with van der Waals surface area (Å²) < 4.78 is 0. The lowest BCUT2D eigenvalue weighted by Gasteiger charge is -2.09. The van der Waals surface area contributed by atoms with Crippen molar-refractivity contribution in [2.75, 3.05) is 0 Å². The molecule has 9 heavy (non-hydrogen) atoms. The molecule has 0 aromatic rings. The Morgan fingerprint density at radius 2 is 2.22 bits per heavy atom.